The third kappa shape index (κ3) is 4.55. The van der Waals surface area contributed by atoms with Gasteiger partial charge in [0.2, 0.25) is 5.91 Å². The molecule has 162 valence electrons. The summed E-state index contributed by atoms with van der Waals surface area (Å²) in [5, 5.41) is 3.32. The molecule has 2 aromatic carbocycles. The zero-order valence-electron chi connectivity index (χ0n) is 16.7. The average molecular weight is 430 g/mol. The number of fused-ring (bicyclic) bond motifs is 1. The maximum Gasteiger partial charge on any atom is 0.416 e. The maximum atomic E-state index is 12.8. The summed E-state index contributed by atoms with van der Waals surface area (Å²) in [4.78, 5) is 31.6. The standard InChI is InChI=1S/C22H21F3N4O2/c23-22(24,25)15-8-10-16(11-9-15)26-19(30)14-29-18-7-3-2-6-17(18)20(27-21(29)31)28-12-4-1-5-13-28/h2-3,6-11H,1,4-5,12-14H2,(H,26,30). The first-order chi connectivity index (χ1) is 14.8. The van der Waals surface area contributed by atoms with Crippen LogP contribution in [0.3, 0.4) is 0 Å². The summed E-state index contributed by atoms with van der Waals surface area (Å²) in [6.07, 6.45) is -1.23. The number of nitrogens with one attached hydrogen (secondary N) is 1. The molecule has 1 N–H and O–H groups in total. The van der Waals surface area contributed by atoms with Crippen LogP contribution in [0.1, 0.15) is 24.8 Å². The Kier molecular flexibility index (Phi) is 5.67. The van der Waals surface area contributed by atoms with Crippen LogP contribution in [0.15, 0.2) is 53.3 Å². The lowest BCUT2D eigenvalue weighted by molar-refractivity contribution is -0.137. The largest absolute Gasteiger partial charge is 0.416 e. The van der Waals surface area contributed by atoms with Crippen LogP contribution in [-0.2, 0) is 17.5 Å². The quantitative estimate of drug-likeness (QED) is 0.678. The van der Waals surface area contributed by atoms with Crippen molar-refractivity contribution in [1.82, 2.24) is 9.55 Å². The number of carbonyl (C=O) groups excluding carboxylic acids is 1. The highest BCUT2D eigenvalue weighted by molar-refractivity contribution is 5.93. The lowest BCUT2D eigenvalue weighted by Gasteiger charge is -2.28. The van der Waals surface area contributed by atoms with E-state index in [0.717, 1.165) is 49.9 Å². The van der Waals surface area contributed by atoms with E-state index < -0.39 is 23.3 Å². The molecule has 1 saturated heterocycles. The first-order valence-electron chi connectivity index (χ1n) is 10.0. The Morgan fingerprint density at radius 2 is 1.68 bits per heavy atom. The number of alkyl halides is 3. The third-order valence-corrected chi connectivity index (χ3v) is 5.32. The number of aromatic nitrogens is 2. The lowest BCUT2D eigenvalue weighted by atomic mass is 10.1. The summed E-state index contributed by atoms with van der Waals surface area (Å²) in [6, 6.07) is 11.4. The minimum absolute atomic E-state index is 0.216. The van der Waals surface area contributed by atoms with Crippen molar-refractivity contribution in [1.29, 1.82) is 0 Å². The molecule has 0 bridgehead atoms. The maximum absolute atomic E-state index is 12.8. The van der Waals surface area contributed by atoms with E-state index >= 15 is 0 Å². The molecule has 1 aliphatic heterocycles. The molecule has 0 spiro atoms. The molecule has 1 amide bonds. The molecule has 1 fully saturated rings. The molecule has 2 heterocycles. The second-order valence-electron chi connectivity index (χ2n) is 7.49. The fourth-order valence-corrected chi connectivity index (χ4v) is 3.80. The van der Waals surface area contributed by atoms with Gasteiger partial charge in [0.15, 0.2) is 0 Å². The molecular weight excluding hydrogens is 409 g/mol. The molecule has 0 aliphatic carbocycles. The summed E-state index contributed by atoms with van der Waals surface area (Å²) in [7, 11) is 0. The van der Waals surface area contributed by atoms with Gasteiger partial charge in [-0.3, -0.25) is 9.36 Å². The van der Waals surface area contributed by atoms with Crippen molar-refractivity contribution in [3.8, 4) is 0 Å². The van der Waals surface area contributed by atoms with E-state index in [4.69, 9.17) is 0 Å². The monoisotopic (exact) mass is 430 g/mol. The summed E-state index contributed by atoms with van der Waals surface area (Å²) < 4.78 is 39.4. The van der Waals surface area contributed by atoms with Crippen molar-refractivity contribution < 1.29 is 18.0 Å². The molecule has 31 heavy (non-hydrogen) atoms. The van der Waals surface area contributed by atoms with E-state index in [0.29, 0.717) is 11.3 Å². The Labute approximate surface area is 176 Å². The Hall–Kier alpha value is -3.36. The number of amides is 1. The van der Waals surface area contributed by atoms with Crippen molar-refractivity contribution in [3.63, 3.8) is 0 Å². The van der Waals surface area contributed by atoms with Crippen LogP contribution in [0.5, 0.6) is 0 Å². The minimum atomic E-state index is -4.45. The first-order valence-corrected chi connectivity index (χ1v) is 10.0. The number of anilines is 2. The highest BCUT2D eigenvalue weighted by Gasteiger charge is 2.30. The summed E-state index contributed by atoms with van der Waals surface area (Å²) in [6.45, 7) is 1.36. The number of para-hydroxylation sites is 1. The second kappa shape index (κ2) is 8.41. The molecule has 0 radical (unpaired) electrons. The number of benzene rings is 2. The molecule has 1 aromatic heterocycles. The highest BCUT2D eigenvalue weighted by Crippen LogP contribution is 2.30. The molecule has 0 saturated carbocycles. The van der Waals surface area contributed by atoms with E-state index in [1.807, 2.05) is 12.1 Å². The normalized spacial score (nSPS) is 14.6. The van der Waals surface area contributed by atoms with Crippen LogP contribution in [-0.4, -0.2) is 28.5 Å². The van der Waals surface area contributed by atoms with E-state index in [9.17, 15) is 22.8 Å². The van der Waals surface area contributed by atoms with Crippen molar-refractivity contribution in [2.45, 2.75) is 32.0 Å². The van der Waals surface area contributed by atoms with E-state index in [1.165, 1.54) is 16.7 Å². The van der Waals surface area contributed by atoms with Crippen molar-refractivity contribution >= 4 is 28.3 Å². The van der Waals surface area contributed by atoms with Gasteiger partial charge >= 0.3 is 11.9 Å². The van der Waals surface area contributed by atoms with Gasteiger partial charge in [0.1, 0.15) is 12.4 Å². The molecule has 1 aliphatic rings. The summed E-state index contributed by atoms with van der Waals surface area (Å²) >= 11 is 0. The third-order valence-electron chi connectivity index (χ3n) is 5.32. The van der Waals surface area contributed by atoms with Crippen LogP contribution in [0.2, 0.25) is 0 Å². The number of piperidine rings is 1. The number of halogens is 3. The number of nitrogens with zero attached hydrogens (tertiary/aromatic N) is 3. The number of carbonyl (C=O) groups is 1. The molecular formula is C22H21F3N4O2. The second-order valence-corrected chi connectivity index (χ2v) is 7.49. The van der Waals surface area contributed by atoms with Gasteiger partial charge in [0.05, 0.1) is 11.1 Å². The number of hydrogen-bond donors (Lipinski definition) is 1. The van der Waals surface area contributed by atoms with Crippen LogP contribution < -0.4 is 15.9 Å². The molecule has 0 unspecified atom stereocenters. The Balaban J connectivity index is 1.59. The Bertz CT molecular complexity index is 1150. The molecule has 9 heteroatoms. The van der Waals surface area contributed by atoms with E-state index in [2.05, 4.69) is 15.2 Å². The van der Waals surface area contributed by atoms with Crippen LogP contribution in [0.4, 0.5) is 24.7 Å². The van der Waals surface area contributed by atoms with Crippen LogP contribution in [0, 0.1) is 0 Å². The molecule has 6 nitrogen and oxygen atoms in total. The Morgan fingerprint density at radius 1 is 1.00 bits per heavy atom. The van der Waals surface area contributed by atoms with Gasteiger partial charge < -0.3 is 10.2 Å². The topological polar surface area (TPSA) is 67.2 Å². The predicted octanol–water partition coefficient (Wildman–Crippen LogP) is 4.04. The highest BCUT2D eigenvalue weighted by atomic mass is 19.4. The van der Waals surface area contributed by atoms with Gasteiger partial charge in [0, 0.05) is 24.2 Å². The van der Waals surface area contributed by atoms with E-state index in [-0.39, 0.29) is 12.2 Å². The molecule has 3 aromatic rings. The predicted molar refractivity (Wildman–Crippen MR) is 112 cm³/mol. The van der Waals surface area contributed by atoms with Gasteiger partial charge in [-0.2, -0.15) is 18.2 Å². The zero-order chi connectivity index (χ0) is 22.0. The minimum Gasteiger partial charge on any atom is -0.356 e. The van der Waals surface area contributed by atoms with E-state index in [1.54, 1.807) is 12.1 Å². The smallest absolute Gasteiger partial charge is 0.356 e. The molecule has 0 atom stereocenters. The first kappa shape index (κ1) is 20.9. The zero-order valence-corrected chi connectivity index (χ0v) is 16.7. The van der Waals surface area contributed by atoms with Crippen molar-refractivity contribution in [2.24, 2.45) is 0 Å². The number of hydrogen-bond acceptors (Lipinski definition) is 4. The summed E-state index contributed by atoms with van der Waals surface area (Å²) in [5.74, 6) is 0.0965. The molecule has 4 rings (SSSR count). The summed E-state index contributed by atoms with van der Waals surface area (Å²) in [5.41, 5.74) is -0.536. The fraction of sp³-hybridized carbons (Fsp3) is 0.318. The van der Waals surface area contributed by atoms with Crippen molar-refractivity contribution in [2.75, 3.05) is 23.3 Å². The van der Waals surface area contributed by atoms with Gasteiger partial charge in [-0.15, -0.1) is 0 Å². The van der Waals surface area contributed by atoms with Crippen LogP contribution in [0.25, 0.3) is 10.9 Å². The van der Waals surface area contributed by atoms with Gasteiger partial charge in [-0.1, -0.05) is 12.1 Å². The van der Waals surface area contributed by atoms with Gasteiger partial charge in [-0.05, 0) is 55.7 Å². The van der Waals surface area contributed by atoms with Gasteiger partial charge in [0.25, 0.3) is 0 Å². The number of rotatable bonds is 4. The van der Waals surface area contributed by atoms with Crippen LogP contribution >= 0.6 is 0 Å². The lowest BCUT2D eigenvalue weighted by Crippen LogP contribution is -2.35. The Morgan fingerprint density at radius 3 is 2.35 bits per heavy atom. The van der Waals surface area contributed by atoms with Gasteiger partial charge in [-0.25, -0.2) is 4.79 Å². The SMILES string of the molecule is O=C(Cn1c(=O)nc(N2CCCCC2)c2ccccc21)Nc1ccc(C(F)(F)F)cc1. The fourth-order valence-electron chi connectivity index (χ4n) is 3.80. The average Bonchev–Trinajstić information content (AvgIpc) is 2.76. The van der Waals surface area contributed by atoms with Crippen molar-refractivity contribution in [3.05, 3.63) is 64.6 Å².